The Kier molecular flexibility index (Phi) is 7.88. The molecule has 0 spiro atoms. The Morgan fingerprint density at radius 3 is 2.35 bits per heavy atom. The number of carbonyl (C=O) groups excluding carboxylic acids is 1. The number of hydrogen-bond donors (Lipinski definition) is 1. The second-order valence-electron chi connectivity index (χ2n) is 4.53. The Morgan fingerprint density at radius 1 is 1.13 bits per heavy atom. The van der Waals surface area contributed by atoms with E-state index in [1.54, 1.807) is 19.1 Å². The van der Waals surface area contributed by atoms with Crippen molar-refractivity contribution in [2.45, 2.75) is 18.4 Å². The van der Waals surface area contributed by atoms with E-state index in [0.29, 0.717) is 5.56 Å². The molecule has 0 atom stereocenters. The zero-order valence-electron chi connectivity index (χ0n) is 12.7. The standard InChI is InChI=1S/C15H14O6S.K/c1-11-9-13(22(17,18)19)7-8-14(11)21-15(16)20-10-12-5-3-2-4-6-12;/h2-9H,10H2,1H3,(H,17,18,19);. The normalized spacial score (nSPS) is 10.5. The molecule has 1 radical (unpaired) electrons. The van der Waals surface area contributed by atoms with E-state index in [9.17, 15) is 13.2 Å². The van der Waals surface area contributed by atoms with Crippen LogP contribution in [0.3, 0.4) is 0 Å². The van der Waals surface area contributed by atoms with E-state index in [0.717, 1.165) is 11.6 Å². The fourth-order valence-corrected chi connectivity index (χ4v) is 2.30. The van der Waals surface area contributed by atoms with Crippen molar-refractivity contribution in [2.75, 3.05) is 0 Å². The number of rotatable bonds is 4. The maximum Gasteiger partial charge on any atom is 0.514 e. The molecule has 117 valence electrons. The molecule has 1 N–H and O–H groups in total. The predicted molar refractivity (Wildman–Crippen MR) is 84.0 cm³/mol. The molecule has 0 aromatic heterocycles. The van der Waals surface area contributed by atoms with E-state index in [1.807, 2.05) is 18.2 Å². The summed E-state index contributed by atoms with van der Waals surface area (Å²) >= 11 is 0. The summed E-state index contributed by atoms with van der Waals surface area (Å²) in [7, 11) is -4.29. The second kappa shape index (κ2) is 8.93. The summed E-state index contributed by atoms with van der Waals surface area (Å²) in [4.78, 5) is 11.3. The molecule has 0 aliphatic rings. The summed E-state index contributed by atoms with van der Waals surface area (Å²) in [6, 6.07) is 12.7. The zero-order valence-corrected chi connectivity index (χ0v) is 16.7. The van der Waals surface area contributed by atoms with Crippen molar-refractivity contribution >= 4 is 67.7 Å². The summed E-state index contributed by atoms with van der Waals surface area (Å²) in [6.07, 6.45) is -0.897. The molecule has 0 unspecified atom stereocenters. The number of carbonyl (C=O) groups is 1. The van der Waals surface area contributed by atoms with Crippen LogP contribution in [0.15, 0.2) is 53.4 Å². The first kappa shape index (κ1) is 20.3. The van der Waals surface area contributed by atoms with Gasteiger partial charge in [0, 0.05) is 51.4 Å². The predicted octanol–water partition coefficient (Wildman–Crippen LogP) is 2.58. The van der Waals surface area contributed by atoms with Gasteiger partial charge in [0.05, 0.1) is 4.90 Å². The zero-order chi connectivity index (χ0) is 16.2. The second-order valence-corrected chi connectivity index (χ2v) is 5.95. The van der Waals surface area contributed by atoms with Crippen LogP contribution < -0.4 is 4.74 Å². The van der Waals surface area contributed by atoms with Crippen LogP contribution in [0.1, 0.15) is 11.1 Å². The number of aryl methyl sites for hydroxylation is 1. The first-order chi connectivity index (χ1) is 10.4. The van der Waals surface area contributed by atoms with Crippen LogP contribution in [-0.2, 0) is 21.5 Å². The average Bonchev–Trinajstić information content (AvgIpc) is 2.47. The van der Waals surface area contributed by atoms with Crippen LogP contribution in [-0.4, -0.2) is 70.5 Å². The summed E-state index contributed by atoms with van der Waals surface area (Å²) in [5.74, 6) is 0.158. The van der Waals surface area contributed by atoms with Gasteiger partial charge in [-0.2, -0.15) is 8.42 Å². The monoisotopic (exact) mass is 361 g/mol. The van der Waals surface area contributed by atoms with Gasteiger partial charge in [-0.1, -0.05) is 30.3 Å². The third-order valence-corrected chi connectivity index (χ3v) is 3.69. The van der Waals surface area contributed by atoms with Crippen molar-refractivity contribution in [1.29, 1.82) is 0 Å². The van der Waals surface area contributed by atoms with Crippen LogP contribution in [0.2, 0.25) is 0 Å². The van der Waals surface area contributed by atoms with Gasteiger partial charge < -0.3 is 9.47 Å². The number of benzene rings is 2. The van der Waals surface area contributed by atoms with Crippen molar-refractivity contribution in [3.63, 3.8) is 0 Å². The van der Waals surface area contributed by atoms with Gasteiger partial charge in [-0.3, -0.25) is 4.55 Å². The average molecular weight is 361 g/mol. The van der Waals surface area contributed by atoms with Crippen LogP contribution >= 0.6 is 0 Å². The third kappa shape index (κ3) is 6.34. The minimum atomic E-state index is -4.29. The Morgan fingerprint density at radius 2 is 1.78 bits per heavy atom. The van der Waals surface area contributed by atoms with Gasteiger partial charge >= 0.3 is 6.16 Å². The van der Waals surface area contributed by atoms with Crippen LogP contribution in [0.4, 0.5) is 4.79 Å². The molecule has 0 heterocycles. The first-order valence-corrected chi connectivity index (χ1v) is 7.77. The van der Waals surface area contributed by atoms with Gasteiger partial charge in [0.25, 0.3) is 10.1 Å². The molecule has 2 aromatic carbocycles. The van der Waals surface area contributed by atoms with Crippen molar-refractivity contribution in [3.05, 3.63) is 59.7 Å². The third-order valence-electron chi connectivity index (χ3n) is 2.84. The molecule has 0 bridgehead atoms. The van der Waals surface area contributed by atoms with Gasteiger partial charge in [0.1, 0.15) is 12.4 Å². The van der Waals surface area contributed by atoms with Crippen LogP contribution in [0, 0.1) is 6.92 Å². The molecule has 6 nitrogen and oxygen atoms in total. The van der Waals surface area contributed by atoms with Gasteiger partial charge in [-0.15, -0.1) is 0 Å². The number of ether oxygens (including phenoxy) is 2. The Balaban J connectivity index is 0.00000264. The Hall–Kier alpha value is -0.744. The number of hydrogen-bond acceptors (Lipinski definition) is 5. The Labute approximate surface area is 177 Å². The van der Waals surface area contributed by atoms with Crippen molar-refractivity contribution < 1.29 is 27.2 Å². The SMILES string of the molecule is Cc1cc(S(=O)(=O)O)ccc1OC(=O)OCc1ccccc1.[K]. The molecule has 8 heteroatoms. The quantitative estimate of drug-likeness (QED) is 0.390. The molecule has 0 amide bonds. The van der Waals surface area contributed by atoms with Crippen molar-refractivity contribution in [2.24, 2.45) is 0 Å². The van der Waals surface area contributed by atoms with E-state index in [1.165, 1.54) is 12.1 Å². The van der Waals surface area contributed by atoms with E-state index < -0.39 is 16.3 Å². The van der Waals surface area contributed by atoms with E-state index in [2.05, 4.69) is 0 Å². The van der Waals surface area contributed by atoms with E-state index >= 15 is 0 Å². The smallest absolute Gasteiger partial charge is 0.429 e. The summed E-state index contributed by atoms with van der Waals surface area (Å²) in [5, 5.41) is 0. The summed E-state index contributed by atoms with van der Waals surface area (Å²) < 4.78 is 40.9. The topological polar surface area (TPSA) is 89.9 Å². The largest absolute Gasteiger partial charge is 0.514 e. The van der Waals surface area contributed by atoms with E-state index in [-0.39, 0.29) is 68.6 Å². The van der Waals surface area contributed by atoms with Crippen molar-refractivity contribution in [3.8, 4) is 5.75 Å². The summed E-state index contributed by atoms with van der Waals surface area (Å²) in [6.45, 7) is 1.62. The maximum atomic E-state index is 11.6. The maximum absolute atomic E-state index is 11.6. The van der Waals surface area contributed by atoms with Crippen molar-refractivity contribution in [1.82, 2.24) is 0 Å². The molecule has 0 saturated carbocycles. The van der Waals surface area contributed by atoms with Crippen LogP contribution in [0.25, 0.3) is 0 Å². The fourth-order valence-electron chi connectivity index (χ4n) is 1.73. The van der Waals surface area contributed by atoms with Crippen LogP contribution in [0.5, 0.6) is 5.75 Å². The Bertz CT molecular complexity index is 774. The molecule has 0 saturated heterocycles. The molecule has 0 aliphatic carbocycles. The molecule has 23 heavy (non-hydrogen) atoms. The molecular weight excluding hydrogens is 347 g/mol. The minimum Gasteiger partial charge on any atom is -0.429 e. The minimum absolute atomic E-state index is 0. The molecule has 0 fully saturated rings. The van der Waals surface area contributed by atoms with Gasteiger partial charge in [-0.25, -0.2) is 4.79 Å². The fraction of sp³-hybridized carbons (Fsp3) is 0.133. The molecular formula is C15H14KO6S. The first-order valence-electron chi connectivity index (χ1n) is 6.33. The van der Waals surface area contributed by atoms with Gasteiger partial charge in [0.2, 0.25) is 0 Å². The van der Waals surface area contributed by atoms with Gasteiger partial charge in [-0.05, 0) is 36.2 Å². The molecule has 0 aliphatic heterocycles. The summed E-state index contributed by atoms with van der Waals surface area (Å²) in [5.41, 5.74) is 1.20. The molecule has 2 rings (SSSR count). The van der Waals surface area contributed by atoms with E-state index in [4.69, 9.17) is 14.0 Å². The van der Waals surface area contributed by atoms with Gasteiger partial charge in [0.15, 0.2) is 0 Å². The molecule has 2 aromatic rings.